The van der Waals surface area contributed by atoms with Crippen LogP contribution in [0.3, 0.4) is 0 Å². The summed E-state index contributed by atoms with van der Waals surface area (Å²) in [5.41, 5.74) is 2.17. The third-order valence-electron chi connectivity index (χ3n) is 2.34. The lowest BCUT2D eigenvalue weighted by Gasteiger charge is -2.13. The average molecular weight is 167 g/mol. The van der Waals surface area contributed by atoms with Crippen LogP contribution in [0.25, 0.3) is 0 Å². The molecule has 0 saturated heterocycles. The van der Waals surface area contributed by atoms with E-state index in [1.54, 1.807) is 0 Å². The molecule has 1 aliphatic rings. The molecule has 1 aliphatic heterocycles. The Balaban J connectivity index is 2.54. The van der Waals surface area contributed by atoms with Crippen molar-refractivity contribution in [2.45, 2.75) is 26.4 Å². The molecule has 0 spiro atoms. The van der Waals surface area contributed by atoms with Gasteiger partial charge in [0.1, 0.15) is 0 Å². The molecular formula is C8H13N3O. The second-order valence-corrected chi connectivity index (χ2v) is 3.04. The summed E-state index contributed by atoms with van der Waals surface area (Å²) in [5.74, 6) is 0. The highest BCUT2D eigenvalue weighted by Gasteiger charge is 2.16. The van der Waals surface area contributed by atoms with Crippen molar-refractivity contribution in [3.05, 3.63) is 21.6 Å². The molecule has 0 radical (unpaired) electrons. The summed E-state index contributed by atoms with van der Waals surface area (Å²) in [6.07, 6.45) is 0.960. The molecule has 0 aromatic carbocycles. The van der Waals surface area contributed by atoms with Gasteiger partial charge >= 0.3 is 0 Å². The van der Waals surface area contributed by atoms with Crippen molar-refractivity contribution in [1.29, 1.82) is 0 Å². The first-order valence-electron chi connectivity index (χ1n) is 4.34. The van der Waals surface area contributed by atoms with Gasteiger partial charge in [0.15, 0.2) is 0 Å². The number of nitrogens with one attached hydrogen (secondary N) is 2. The topological polar surface area (TPSA) is 49.8 Å². The quantitative estimate of drug-likeness (QED) is 0.610. The molecule has 4 nitrogen and oxygen atoms in total. The Morgan fingerprint density at radius 2 is 2.42 bits per heavy atom. The van der Waals surface area contributed by atoms with Gasteiger partial charge in [0, 0.05) is 31.7 Å². The van der Waals surface area contributed by atoms with Crippen molar-refractivity contribution < 1.29 is 0 Å². The van der Waals surface area contributed by atoms with Crippen LogP contribution in [0.4, 0.5) is 0 Å². The van der Waals surface area contributed by atoms with Crippen LogP contribution in [-0.2, 0) is 19.5 Å². The molecule has 2 heterocycles. The number of hydrogen-bond donors (Lipinski definition) is 2. The van der Waals surface area contributed by atoms with Gasteiger partial charge in [0.2, 0.25) is 0 Å². The van der Waals surface area contributed by atoms with Gasteiger partial charge in [-0.3, -0.25) is 14.6 Å². The van der Waals surface area contributed by atoms with E-state index in [4.69, 9.17) is 0 Å². The van der Waals surface area contributed by atoms with Gasteiger partial charge < -0.3 is 5.32 Å². The molecule has 0 bridgehead atoms. The Morgan fingerprint density at radius 1 is 1.58 bits per heavy atom. The zero-order chi connectivity index (χ0) is 8.55. The molecule has 2 N–H and O–H groups in total. The maximum atomic E-state index is 11.3. The van der Waals surface area contributed by atoms with Crippen LogP contribution < -0.4 is 10.9 Å². The molecule has 0 amide bonds. The van der Waals surface area contributed by atoms with Crippen LogP contribution in [0.5, 0.6) is 0 Å². The van der Waals surface area contributed by atoms with Crippen molar-refractivity contribution >= 4 is 0 Å². The van der Waals surface area contributed by atoms with Crippen LogP contribution in [0, 0.1) is 0 Å². The molecule has 0 atom stereocenters. The van der Waals surface area contributed by atoms with E-state index in [2.05, 4.69) is 10.4 Å². The monoisotopic (exact) mass is 167 g/mol. The highest BCUT2D eigenvalue weighted by Crippen LogP contribution is 2.08. The van der Waals surface area contributed by atoms with E-state index >= 15 is 0 Å². The summed E-state index contributed by atoms with van der Waals surface area (Å²) in [6.45, 7) is 4.59. The maximum Gasteiger partial charge on any atom is 0.268 e. The molecule has 66 valence electrons. The van der Waals surface area contributed by atoms with E-state index in [0.29, 0.717) is 0 Å². The molecule has 0 saturated carbocycles. The summed E-state index contributed by atoms with van der Waals surface area (Å²) in [6, 6.07) is 0. The standard InChI is InChI=1S/C8H13N3O/c1-2-11-7-3-4-9-5-6(7)8(12)10-11/h9H,2-5H2,1H3,(H,10,12). The van der Waals surface area contributed by atoms with Crippen molar-refractivity contribution in [3.63, 3.8) is 0 Å². The fourth-order valence-electron chi connectivity index (χ4n) is 1.71. The largest absolute Gasteiger partial charge is 0.312 e. The Kier molecular flexibility index (Phi) is 1.77. The Morgan fingerprint density at radius 3 is 3.17 bits per heavy atom. The first kappa shape index (κ1) is 7.61. The predicted molar refractivity (Wildman–Crippen MR) is 46.1 cm³/mol. The molecule has 1 aromatic heterocycles. The second-order valence-electron chi connectivity index (χ2n) is 3.04. The molecular weight excluding hydrogens is 154 g/mol. The number of H-pyrrole nitrogens is 1. The summed E-state index contributed by atoms with van der Waals surface area (Å²) in [4.78, 5) is 11.3. The summed E-state index contributed by atoms with van der Waals surface area (Å²) >= 11 is 0. The molecule has 4 heteroatoms. The predicted octanol–water partition coefficient (Wildman–Crippen LogP) is -0.158. The first-order valence-corrected chi connectivity index (χ1v) is 4.34. The van der Waals surface area contributed by atoms with Gasteiger partial charge in [0.05, 0.1) is 5.56 Å². The zero-order valence-corrected chi connectivity index (χ0v) is 7.18. The number of aryl methyl sites for hydroxylation is 1. The van der Waals surface area contributed by atoms with Gasteiger partial charge in [-0.1, -0.05) is 0 Å². The number of aromatic nitrogens is 2. The van der Waals surface area contributed by atoms with Crippen molar-refractivity contribution in [1.82, 2.24) is 15.1 Å². The molecule has 0 unspecified atom stereocenters. The number of aromatic amines is 1. The number of fused-ring (bicyclic) bond motifs is 1. The molecule has 12 heavy (non-hydrogen) atoms. The van der Waals surface area contributed by atoms with Crippen LogP contribution in [0.2, 0.25) is 0 Å². The smallest absolute Gasteiger partial charge is 0.268 e. The lowest BCUT2D eigenvalue weighted by molar-refractivity contribution is 0.571. The summed E-state index contributed by atoms with van der Waals surface area (Å²) < 4.78 is 1.94. The normalized spacial score (nSPS) is 16.1. The minimum atomic E-state index is 0.0686. The third-order valence-corrected chi connectivity index (χ3v) is 2.34. The molecule has 2 rings (SSSR count). The molecule has 1 aromatic rings. The lowest BCUT2D eigenvalue weighted by atomic mass is 10.1. The van der Waals surface area contributed by atoms with Gasteiger partial charge in [-0.2, -0.15) is 0 Å². The summed E-state index contributed by atoms with van der Waals surface area (Å²) in [7, 11) is 0. The van der Waals surface area contributed by atoms with Gasteiger partial charge in [-0.25, -0.2) is 0 Å². The highest BCUT2D eigenvalue weighted by molar-refractivity contribution is 5.20. The number of hydrogen-bond acceptors (Lipinski definition) is 2. The van der Waals surface area contributed by atoms with E-state index in [-0.39, 0.29) is 5.56 Å². The number of rotatable bonds is 1. The lowest BCUT2D eigenvalue weighted by Crippen LogP contribution is -2.27. The van der Waals surface area contributed by atoms with Crippen molar-refractivity contribution in [2.24, 2.45) is 0 Å². The SMILES string of the molecule is CCn1[nH]c(=O)c2c1CCNC2. The first-order chi connectivity index (χ1) is 5.83. The molecule has 0 aliphatic carbocycles. The Bertz CT molecular complexity index is 337. The minimum Gasteiger partial charge on any atom is -0.312 e. The van der Waals surface area contributed by atoms with Crippen LogP contribution in [0.15, 0.2) is 4.79 Å². The van der Waals surface area contributed by atoms with Gasteiger partial charge in [-0.15, -0.1) is 0 Å². The van der Waals surface area contributed by atoms with Crippen molar-refractivity contribution in [3.8, 4) is 0 Å². The van der Waals surface area contributed by atoms with Gasteiger partial charge in [-0.05, 0) is 6.92 Å². The molecule has 0 fully saturated rings. The van der Waals surface area contributed by atoms with E-state index in [1.165, 1.54) is 5.69 Å². The van der Waals surface area contributed by atoms with Crippen LogP contribution in [0.1, 0.15) is 18.2 Å². The van der Waals surface area contributed by atoms with E-state index < -0.39 is 0 Å². The average Bonchev–Trinajstić information content (AvgIpc) is 2.44. The van der Waals surface area contributed by atoms with Gasteiger partial charge in [0.25, 0.3) is 5.56 Å². The van der Waals surface area contributed by atoms with Crippen molar-refractivity contribution in [2.75, 3.05) is 6.54 Å². The van der Waals surface area contributed by atoms with E-state index in [0.717, 1.165) is 31.6 Å². The highest BCUT2D eigenvalue weighted by atomic mass is 16.1. The van der Waals surface area contributed by atoms with E-state index in [9.17, 15) is 4.79 Å². The Labute approximate surface area is 70.6 Å². The second kappa shape index (κ2) is 2.79. The Hall–Kier alpha value is -1.03. The van der Waals surface area contributed by atoms with Crippen LogP contribution in [-0.4, -0.2) is 16.3 Å². The fourth-order valence-corrected chi connectivity index (χ4v) is 1.71. The number of nitrogens with zero attached hydrogens (tertiary/aromatic N) is 1. The van der Waals surface area contributed by atoms with E-state index in [1.807, 2.05) is 11.6 Å². The minimum absolute atomic E-state index is 0.0686. The van der Waals surface area contributed by atoms with Crippen LogP contribution >= 0.6 is 0 Å². The fraction of sp³-hybridized carbons (Fsp3) is 0.625. The maximum absolute atomic E-state index is 11.3. The summed E-state index contributed by atoms with van der Waals surface area (Å²) in [5, 5.41) is 6.01. The zero-order valence-electron chi connectivity index (χ0n) is 7.18. The third kappa shape index (κ3) is 0.992.